The van der Waals surface area contributed by atoms with Crippen LogP contribution in [0.25, 0.3) is 0 Å². The summed E-state index contributed by atoms with van der Waals surface area (Å²) in [6.07, 6.45) is 4.25. The van der Waals surface area contributed by atoms with E-state index in [9.17, 15) is 4.79 Å². The second kappa shape index (κ2) is 8.38. The predicted molar refractivity (Wildman–Crippen MR) is 105 cm³/mol. The van der Waals surface area contributed by atoms with E-state index >= 15 is 0 Å². The van der Waals surface area contributed by atoms with E-state index in [0.29, 0.717) is 19.8 Å². The van der Waals surface area contributed by atoms with E-state index < -0.39 is 5.60 Å². The van der Waals surface area contributed by atoms with E-state index in [-0.39, 0.29) is 17.8 Å². The van der Waals surface area contributed by atoms with E-state index in [1.165, 1.54) is 11.1 Å². The number of halogens is 1. The molecule has 27 heavy (non-hydrogen) atoms. The zero-order chi connectivity index (χ0) is 19.5. The fourth-order valence-corrected chi connectivity index (χ4v) is 4.32. The fourth-order valence-electron chi connectivity index (χ4n) is 4.13. The highest BCUT2D eigenvalue weighted by Gasteiger charge is 2.39. The molecule has 1 atom stereocenters. The highest BCUT2D eigenvalue weighted by atomic mass is 35.5. The summed E-state index contributed by atoms with van der Waals surface area (Å²) in [5.41, 5.74) is 2.17. The number of ether oxygens (including phenoxy) is 3. The maximum atomic E-state index is 12.0. The molecule has 1 heterocycles. The van der Waals surface area contributed by atoms with Crippen molar-refractivity contribution in [3.8, 4) is 0 Å². The Morgan fingerprint density at radius 1 is 1.30 bits per heavy atom. The zero-order valence-electron chi connectivity index (χ0n) is 16.5. The summed E-state index contributed by atoms with van der Waals surface area (Å²) < 4.78 is 16.6. The lowest BCUT2D eigenvalue weighted by atomic mass is 9.75. The number of carbonyl (C=O) groups is 1. The van der Waals surface area contributed by atoms with Gasteiger partial charge < -0.3 is 19.5 Å². The third-order valence-electron chi connectivity index (χ3n) is 5.33. The van der Waals surface area contributed by atoms with Crippen molar-refractivity contribution >= 4 is 17.7 Å². The number of benzene rings is 1. The summed E-state index contributed by atoms with van der Waals surface area (Å²) in [7, 11) is 0. The number of fused-ring (bicyclic) bond motifs is 1. The topological polar surface area (TPSA) is 56.8 Å². The van der Waals surface area contributed by atoms with Gasteiger partial charge in [-0.1, -0.05) is 17.7 Å². The van der Waals surface area contributed by atoms with Gasteiger partial charge in [0.05, 0.1) is 13.2 Å². The first kappa shape index (κ1) is 20.4. The summed E-state index contributed by atoms with van der Waals surface area (Å²) >= 11 is 6.19. The molecule has 1 aliphatic carbocycles. The zero-order valence-corrected chi connectivity index (χ0v) is 17.2. The van der Waals surface area contributed by atoms with Crippen LogP contribution in [0.4, 0.5) is 4.79 Å². The lowest BCUT2D eigenvalue weighted by Gasteiger charge is -2.32. The predicted octanol–water partition coefficient (Wildman–Crippen LogP) is 4.59. The van der Waals surface area contributed by atoms with E-state index in [2.05, 4.69) is 17.4 Å². The maximum Gasteiger partial charge on any atom is 0.407 e. The minimum absolute atomic E-state index is 0.00421. The van der Waals surface area contributed by atoms with Crippen LogP contribution in [0.1, 0.15) is 57.6 Å². The first-order chi connectivity index (χ1) is 12.8. The molecule has 1 N–H and O–H groups in total. The van der Waals surface area contributed by atoms with Gasteiger partial charge in [-0.05, 0) is 81.5 Å². The molecule has 1 aromatic carbocycles. The van der Waals surface area contributed by atoms with Gasteiger partial charge in [-0.15, -0.1) is 0 Å². The molecule has 1 amide bonds. The number of hydrogen-bond acceptors (Lipinski definition) is 4. The van der Waals surface area contributed by atoms with Gasteiger partial charge in [0.25, 0.3) is 0 Å². The van der Waals surface area contributed by atoms with Crippen molar-refractivity contribution in [2.24, 2.45) is 0 Å². The second-order valence-electron chi connectivity index (χ2n) is 8.47. The van der Waals surface area contributed by atoms with Crippen molar-refractivity contribution < 1.29 is 19.0 Å². The van der Waals surface area contributed by atoms with Crippen molar-refractivity contribution in [3.63, 3.8) is 0 Å². The first-order valence-corrected chi connectivity index (χ1v) is 10.1. The van der Waals surface area contributed by atoms with Gasteiger partial charge in [0.1, 0.15) is 5.60 Å². The molecule has 1 aliphatic heterocycles. The van der Waals surface area contributed by atoms with E-state index in [1.54, 1.807) is 0 Å². The minimum Gasteiger partial charge on any atom is -0.444 e. The number of hydrogen-bond donors (Lipinski definition) is 1. The Balaban J connectivity index is 1.67. The van der Waals surface area contributed by atoms with Gasteiger partial charge in [-0.2, -0.15) is 0 Å². The Hall–Kier alpha value is -1.30. The molecule has 0 aromatic heterocycles. The Bertz CT molecular complexity index is 667. The number of amides is 1. The summed E-state index contributed by atoms with van der Waals surface area (Å²) in [5.74, 6) is 0. The SMILES string of the molecule is CC(C)(C)OC(=O)NCCC1(CCC2OCCO2)CCc2cc(Cl)ccc21. The molecule has 0 saturated carbocycles. The summed E-state index contributed by atoms with van der Waals surface area (Å²) in [5, 5.41) is 3.69. The molecular formula is C21H30ClNO4. The van der Waals surface area contributed by atoms with Gasteiger partial charge in [-0.25, -0.2) is 4.79 Å². The number of aryl methyl sites for hydroxylation is 1. The van der Waals surface area contributed by atoms with Gasteiger partial charge in [0.15, 0.2) is 6.29 Å². The first-order valence-electron chi connectivity index (χ1n) is 9.76. The second-order valence-corrected chi connectivity index (χ2v) is 8.91. The fraction of sp³-hybridized carbons (Fsp3) is 0.667. The molecule has 2 aliphatic rings. The van der Waals surface area contributed by atoms with Crippen molar-refractivity contribution in [2.45, 2.75) is 70.2 Å². The standard InChI is InChI=1S/C21H30ClNO4/c1-20(2,3)27-19(24)23-11-10-21(9-7-18-25-12-13-26-18)8-6-15-14-16(22)4-5-17(15)21/h4-5,14,18H,6-13H2,1-3H3,(H,23,24). The molecule has 1 saturated heterocycles. The van der Waals surface area contributed by atoms with Crippen molar-refractivity contribution in [2.75, 3.05) is 19.8 Å². The molecule has 1 aromatic rings. The molecule has 6 heteroatoms. The largest absolute Gasteiger partial charge is 0.444 e. The summed E-state index contributed by atoms with van der Waals surface area (Å²) in [4.78, 5) is 12.0. The van der Waals surface area contributed by atoms with Crippen LogP contribution >= 0.6 is 11.6 Å². The molecule has 0 radical (unpaired) electrons. The number of alkyl carbamates (subject to hydrolysis) is 1. The monoisotopic (exact) mass is 395 g/mol. The average molecular weight is 396 g/mol. The molecule has 1 unspecified atom stereocenters. The van der Waals surface area contributed by atoms with Crippen molar-refractivity contribution in [3.05, 3.63) is 34.3 Å². The molecule has 3 rings (SSSR count). The van der Waals surface area contributed by atoms with Crippen LogP contribution < -0.4 is 5.32 Å². The Labute approximate surface area is 166 Å². The lowest BCUT2D eigenvalue weighted by molar-refractivity contribution is -0.0516. The highest BCUT2D eigenvalue weighted by molar-refractivity contribution is 6.30. The molecule has 150 valence electrons. The number of nitrogens with one attached hydrogen (secondary N) is 1. The maximum absolute atomic E-state index is 12.0. The Morgan fingerprint density at radius 3 is 2.74 bits per heavy atom. The third-order valence-corrected chi connectivity index (χ3v) is 5.57. The summed E-state index contributed by atoms with van der Waals surface area (Å²) in [6.45, 7) is 7.52. The van der Waals surface area contributed by atoms with E-state index in [0.717, 1.165) is 37.1 Å². The number of rotatable bonds is 6. The Morgan fingerprint density at radius 2 is 2.04 bits per heavy atom. The normalized spacial score (nSPS) is 22.7. The third kappa shape index (κ3) is 5.37. The quantitative estimate of drug-likeness (QED) is 0.765. The highest BCUT2D eigenvalue weighted by Crippen LogP contribution is 2.46. The average Bonchev–Trinajstić information content (AvgIpc) is 3.20. The van der Waals surface area contributed by atoms with Gasteiger partial charge in [0.2, 0.25) is 0 Å². The summed E-state index contributed by atoms with van der Waals surface area (Å²) in [6, 6.07) is 6.18. The molecule has 1 fully saturated rings. The van der Waals surface area contributed by atoms with Gasteiger partial charge in [0, 0.05) is 11.6 Å². The molecular weight excluding hydrogens is 366 g/mol. The van der Waals surface area contributed by atoms with Crippen molar-refractivity contribution in [1.82, 2.24) is 5.32 Å². The lowest BCUT2D eigenvalue weighted by Crippen LogP contribution is -2.36. The molecule has 5 nitrogen and oxygen atoms in total. The van der Waals surface area contributed by atoms with Crippen LogP contribution in [0.15, 0.2) is 18.2 Å². The van der Waals surface area contributed by atoms with Gasteiger partial charge in [-0.3, -0.25) is 0 Å². The number of carbonyl (C=O) groups excluding carboxylic acids is 1. The smallest absolute Gasteiger partial charge is 0.407 e. The van der Waals surface area contributed by atoms with Crippen LogP contribution in [-0.4, -0.2) is 37.7 Å². The minimum atomic E-state index is -0.490. The van der Waals surface area contributed by atoms with E-state index in [1.807, 2.05) is 26.8 Å². The Kier molecular flexibility index (Phi) is 6.34. The van der Waals surface area contributed by atoms with Crippen LogP contribution in [0.5, 0.6) is 0 Å². The van der Waals surface area contributed by atoms with Gasteiger partial charge >= 0.3 is 6.09 Å². The molecule has 0 bridgehead atoms. The van der Waals surface area contributed by atoms with Crippen LogP contribution in [0.3, 0.4) is 0 Å². The van der Waals surface area contributed by atoms with Crippen LogP contribution in [0.2, 0.25) is 5.02 Å². The van der Waals surface area contributed by atoms with Crippen LogP contribution in [0, 0.1) is 0 Å². The van der Waals surface area contributed by atoms with E-state index in [4.69, 9.17) is 25.8 Å². The van der Waals surface area contributed by atoms with Crippen LogP contribution in [-0.2, 0) is 26.0 Å². The molecule has 0 spiro atoms. The van der Waals surface area contributed by atoms with Crippen molar-refractivity contribution in [1.29, 1.82) is 0 Å².